The molecule has 2 aromatic rings. The molecule has 0 aliphatic rings. The van der Waals surface area contributed by atoms with Crippen molar-refractivity contribution < 1.29 is 13.9 Å². The Balaban J connectivity index is 2.15. The van der Waals surface area contributed by atoms with Gasteiger partial charge in [-0.3, -0.25) is 4.79 Å². The van der Waals surface area contributed by atoms with Crippen molar-refractivity contribution in [3.63, 3.8) is 0 Å². The van der Waals surface area contributed by atoms with Gasteiger partial charge in [0.2, 0.25) is 0 Å². The zero-order valence-corrected chi connectivity index (χ0v) is 10.6. The molecule has 0 aliphatic carbocycles. The highest BCUT2D eigenvalue weighted by Crippen LogP contribution is 2.11. The molecule has 0 radical (unpaired) electrons. The van der Waals surface area contributed by atoms with E-state index in [1.807, 2.05) is 20.8 Å². The summed E-state index contributed by atoms with van der Waals surface area (Å²) in [5, 5.41) is 0. The van der Waals surface area contributed by atoms with E-state index < -0.39 is 5.60 Å². The Hall–Kier alpha value is -1.91. The van der Waals surface area contributed by atoms with Gasteiger partial charge in [-0.2, -0.15) is 0 Å². The molecule has 0 atom stereocenters. The summed E-state index contributed by atoms with van der Waals surface area (Å²) in [6.45, 7) is 5.43. The zero-order chi connectivity index (χ0) is 13.3. The number of carbonyl (C=O) groups is 1. The van der Waals surface area contributed by atoms with Crippen LogP contribution >= 0.6 is 0 Å². The lowest BCUT2D eigenvalue weighted by molar-refractivity contribution is -0.153. The predicted octanol–water partition coefficient (Wildman–Crippen LogP) is 2.36. The summed E-state index contributed by atoms with van der Waals surface area (Å²) in [7, 11) is 0. The Morgan fingerprint density at radius 1 is 1.39 bits per heavy atom. The molecule has 0 aromatic carbocycles. The summed E-state index contributed by atoms with van der Waals surface area (Å²) in [5.74, 6) is -0.685. The quantitative estimate of drug-likeness (QED) is 0.768. The van der Waals surface area contributed by atoms with Gasteiger partial charge in [0.1, 0.15) is 17.1 Å². The molecular weight excluding hydrogens is 235 g/mol. The molecule has 0 spiro atoms. The second-order valence-corrected chi connectivity index (χ2v) is 5.11. The van der Waals surface area contributed by atoms with Crippen LogP contribution in [0.15, 0.2) is 24.5 Å². The van der Waals surface area contributed by atoms with Crippen LogP contribution in [0, 0.1) is 5.82 Å². The summed E-state index contributed by atoms with van der Waals surface area (Å²) < 4.78 is 19.7. The van der Waals surface area contributed by atoms with Crippen LogP contribution in [0.2, 0.25) is 0 Å². The fourth-order valence-corrected chi connectivity index (χ4v) is 1.63. The van der Waals surface area contributed by atoms with E-state index in [1.54, 1.807) is 16.7 Å². The third kappa shape index (κ3) is 3.06. The number of carbonyl (C=O) groups excluding carboxylic acids is 1. The molecule has 2 aromatic heterocycles. The van der Waals surface area contributed by atoms with E-state index in [1.165, 1.54) is 12.3 Å². The number of fused-ring (bicyclic) bond motifs is 1. The van der Waals surface area contributed by atoms with Crippen molar-refractivity contribution in [3.8, 4) is 0 Å². The van der Waals surface area contributed by atoms with Crippen molar-refractivity contribution in [3.05, 3.63) is 36.0 Å². The molecule has 2 heterocycles. The number of imidazole rings is 1. The van der Waals surface area contributed by atoms with Crippen molar-refractivity contribution in [2.24, 2.45) is 0 Å². The van der Waals surface area contributed by atoms with E-state index in [0.717, 1.165) is 0 Å². The normalized spacial score (nSPS) is 11.8. The average molecular weight is 250 g/mol. The molecule has 0 bridgehead atoms. The molecule has 0 unspecified atom stereocenters. The Morgan fingerprint density at radius 3 is 2.78 bits per heavy atom. The molecule has 0 fully saturated rings. The second-order valence-electron chi connectivity index (χ2n) is 5.11. The number of hydrogen-bond donors (Lipinski definition) is 0. The molecule has 4 nitrogen and oxygen atoms in total. The summed E-state index contributed by atoms with van der Waals surface area (Å²) >= 11 is 0. The monoisotopic (exact) mass is 250 g/mol. The fraction of sp³-hybridized carbons (Fsp3) is 0.385. The van der Waals surface area contributed by atoms with Gasteiger partial charge in [-0.15, -0.1) is 0 Å². The lowest BCUT2D eigenvalue weighted by Crippen LogP contribution is -2.24. The highest BCUT2D eigenvalue weighted by molar-refractivity contribution is 5.72. The van der Waals surface area contributed by atoms with Crippen LogP contribution < -0.4 is 0 Å². The Kier molecular flexibility index (Phi) is 3.07. The number of rotatable bonds is 2. The van der Waals surface area contributed by atoms with Gasteiger partial charge < -0.3 is 9.14 Å². The van der Waals surface area contributed by atoms with Crippen LogP contribution in [0.4, 0.5) is 4.39 Å². The van der Waals surface area contributed by atoms with Crippen molar-refractivity contribution in [2.45, 2.75) is 32.8 Å². The van der Waals surface area contributed by atoms with Crippen LogP contribution in [0.1, 0.15) is 26.5 Å². The Morgan fingerprint density at radius 2 is 2.11 bits per heavy atom. The third-order valence-corrected chi connectivity index (χ3v) is 2.21. The van der Waals surface area contributed by atoms with Gasteiger partial charge in [0.05, 0.1) is 12.1 Å². The number of halogens is 1. The minimum atomic E-state index is -0.512. The molecule has 18 heavy (non-hydrogen) atoms. The van der Waals surface area contributed by atoms with Crippen molar-refractivity contribution in [1.29, 1.82) is 0 Å². The molecule has 0 aliphatic heterocycles. The van der Waals surface area contributed by atoms with Gasteiger partial charge in [-0.1, -0.05) is 0 Å². The van der Waals surface area contributed by atoms with E-state index >= 15 is 0 Å². The van der Waals surface area contributed by atoms with E-state index in [2.05, 4.69) is 4.98 Å². The molecule has 0 N–H and O–H groups in total. The lowest BCUT2D eigenvalue weighted by Gasteiger charge is -2.18. The van der Waals surface area contributed by atoms with E-state index in [4.69, 9.17) is 4.74 Å². The first-order valence-electron chi connectivity index (χ1n) is 5.68. The maximum atomic E-state index is 13.0. The zero-order valence-electron chi connectivity index (χ0n) is 10.6. The summed E-state index contributed by atoms with van der Waals surface area (Å²) in [6, 6.07) is 2.90. The van der Waals surface area contributed by atoms with Crippen LogP contribution in [-0.4, -0.2) is 21.0 Å². The van der Waals surface area contributed by atoms with Crippen molar-refractivity contribution >= 4 is 11.6 Å². The third-order valence-electron chi connectivity index (χ3n) is 2.21. The number of hydrogen-bond acceptors (Lipinski definition) is 3. The first kappa shape index (κ1) is 12.5. The number of nitrogens with zero attached hydrogens (tertiary/aromatic N) is 2. The smallest absolute Gasteiger partial charge is 0.312 e. The predicted molar refractivity (Wildman–Crippen MR) is 64.7 cm³/mol. The first-order valence-corrected chi connectivity index (χ1v) is 5.68. The minimum absolute atomic E-state index is 0.0839. The summed E-state index contributed by atoms with van der Waals surface area (Å²) in [5.41, 5.74) is 0.660. The van der Waals surface area contributed by atoms with Gasteiger partial charge in [0, 0.05) is 12.4 Å². The second kappa shape index (κ2) is 4.40. The van der Waals surface area contributed by atoms with E-state index in [9.17, 15) is 9.18 Å². The number of esters is 1. The van der Waals surface area contributed by atoms with Gasteiger partial charge in [0.15, 0.2) is 0 Å². The van der Waals surface area contributed by atoms with Gasteiger partial charge >= 0.3 is 5.97 Å². The number of aromatic nitrogens is 2. The molecule has 0 saturated heterocycles. The standard InChI is InChI=1S/C13H15FN2O2/c1-13(2,3)18-12(17)6-10-8-16-7-9(14)4-5-11(16)15-10/h4-5,7-8H,6H2,1-3H3. The van der Waals surface area contributed by atoms with Crippen LogP contribution in [0.3, 0.4) is 0 Å². The van der Waals surface area contributed by atoms with E-state index in [0.29, 0.717) is 11.3 Å². The largest absolute Gasteiger partial charge is 0.460 e. The van der Waals surface area contributed by atoms with Gasteiger partial charge in [0.25, 0.3) is 0 Å². The molecule has 0 amide bonds. The number of pyridine rings is 1. The maximum Gasteiger partial charge on any atom is 0.312 e. The van der Waals surface area contributed by atoms with Crippen LogP contribution in [0.5, 0.6) is 0 Å². The van der Waals surface area contributed by atoms with Crippen LogP contribution in [-0.2, 0) is 16.0 Å². The summed E-state index contributed by atoms with van der Waals surface area (Å²) in [6.07, 6.45) is 3.03. The SMILES string of the molecule is CC(C)(C)OC(=O)Cc1cn2cc(F)ccc2n1. The van der Waals surface area contributed by atoms with Gasteiger partial charge in [-0.05, 0) is 32.9 Å². The van der Waals surface area contributed by atoms with Crippen molar-refractivity contribution in [2.75, 3.05) is 0 Å². The average Bonchev–Trinajstić information content (AvgIpc) is 2.55. The topological polar surface area (TPSA) is 43.6 Å². The molecule has 2 rings (SSSR count). The maximum absolute atomic E-state index is 13.0. The Labute approximate surface area is 104 Å². The summed E-state index contributed by atoms with van der Waals surface area (Å²) in [4.78, 5) is 15.8. The Bertz CT molecular complexity index is 584. The molecule has 5 heteroatoms. The fourth-order valence-electron chi connectivity index (χ4n) is 1.63. The molecule has 0 saturated carbocycles. The molecular formula is C13H15FN2O2. The highest BCUT2D eigenvalue weighted by Gasteiger charge is 2.17. The van der Waals surface area contributed by atoms with Crippen LogP contribution in [0.25, 0.3) is 5.65 Å². The van der Waals surface area contributed by atoms with E-state index in [-0.39, 0.29) is 18.2 Å². The highest BCUT2D eigenvalue weighted by atomic mass is 19.1. The molecule has 96 valence electrons. The lowest BCUT2D eigenvalue weighted by atomic mass is 10.2. The number of ether oxygens (including phenoxy) is 1. The first-order chi connectivity index (χ1) is 8.33. The van der Waals surface area contributed by atoms with Gasteiger partial charge in [-0.25, -0.2) is 9.37 Å². The van der Waals surface area contributed by atoms with Crippen molar-refractivity contribution in [1.82, 2.24) is 9.38 Å². The minimum Gasteiger partial charge on any atom is -0.460 e.